The summed E-state index contributed by atoms with van der Waals surface area (Å²) in [7, 11) is 1.39. The molecule has 3 aromatic rings. The van der Waals surface area contributed by atoms with Gasteiger partial charge in [0.05, 0.1) is 25.0 Å². The monoisotopic (exact) mass is 569 g/mol. The van der Waals surface area contributed by atoms with E-state index < -0.39 is 5.41 Å². The first-order valence-corrected chi connectivity index (χ1v) is 14.3. The van der Waals surface area contributed by atoms with E-state index in [1.165, 1.54) is 12.1 Å². The van der Waals surface area contributed by atoms with Crippen LogP contribution in [0.2, 0.25) is 0 Å². The Balaban J connectivity index is 1.48. The van der Waals surface area contributed by atoms with Crippen LogP contribution in [-0.2, 0) is 36.8 Å². The van der Waals surface area contributed by atoms with Crippen molar-refractivity contribution in [2.24, 2.45) is 16.4 Å². The summed E-state index contributed by atoms with van der Waals surface area (Å²) in [6, 6.07) is 24.8. The Labute approximate surface area is 247 Å². The lowest BCUT2D eigenvalue weighted by molar-refractivity contribution is -0.150. The van der Waals surface area contributed by atoms with Gasteiger partial charge in [-0.25, -0.2) is 5.01 Å². The number of hydrogen-bond acceptors (Lipinski definition) is 6. The summed E-state index contributed by atoms with van der Waals surface area (Å²) in [5, 5.41) is 8.95. The van der Waals surface area contributed by atoms with E-state index in [1.54, 1.807) is 0 Å². The normalized spacial score (nSPS) is 14.8. The highest BCUT2D eigenvalue weighted by atomic mass is 16.5. The highest BCUT2D eigenvalue weighted by Gasteiger charge is 2.30. The molecule has 2 amide bonds. The van der Waals surface area contributed by atoms with E-state index in [0.717, 1.165) is 28.7 Å². The Kier molecular flexibility index (Phi) is 9.78. The van der Waals surface area contributed by atoms with Crippen molar-refractivity contribution < 1.29 is 23.9 Å². The zero-order valence-electron chi connectivity index (χ0n) is 24.9. The highest BCUT2D eigenvalue weighted by molar-refractivity contribution is 5.98. The predicted molar refractivity (Wildman–Crippen MR) is 163 cm³/mol. The molecule has 0 aliphatic carbocycles. The van der Waals surface area contributed by atoms with Gasteiger partial charge in [0.2, 0.25) is 11.8 Å². The lowest BCUT2D eigenvalue weighted by atomic mass is 9.84. The van der Waals surface area contributed by atoms with E-state index in [2.05, 4.69) is 24.3 Å². The minimum absolute atomic E-state index is 0.0660. The summed E-state index contributed by atoms with van der Waals surface area (Å²) < 4.78 is 10.5. The van der Waals surface area contributed by atoms with Crippen LogP contribution in [0.25, 0.3) is 0 Å². The van der Waals surface area contributed by atoms with Crippen molar-refractivity contribution in [3.05, 3.63) is 101 Å². The number of ether oxygens (including phenoxy) is 2. The number of methoxy groups -OCH3 is 1. The van der Waals surface area contributed by atoms with Crippen molar-refractivity contribution in [3.8, 4) is 0 Å². The van der Waals surface area contributed by atoms with Gasteiger partial charge in [0.15, 0.2) is 6.61 Å². The maximum Gasteiger partial charge on any atom is 0.311 e. The fourth-order valence-electron chi connectivity index (χ4n) is 5.06. The summed E-state index contributed by atoms with van der Waals surface area (Å²) in [4.78, 5) is 38.3. The molecule has 0 spiro atoms. The topological polar surface area (TPSA) is 97.3 Å². The van der Waals surface area contributed by atoms with Crippen LogP contribution < -0.4 is 5.32 Å². The third-order valence-corrected chi connectivity index (χ3v) is 7.60. The number of nitrogens with zero attached hydrogens (tertiary/aromatic N) is 2. The van der Waals surface area contributed by atoms with E-state index in [1.807, 2.05) is 92.7 Å². The first kappa shape index (κ1) is 30.5. The van der Waals surface area contributed by atoms with Crippen LogP contribution in [0, 0.1) is 11.3 Å². The third kappa shape index (κ3) is 7.43. The maximum atomic E-state index is 13.6. The van der Waals surface area contributed by atoms with Crippen LogP contribution in [0.15, 0.2) is 84.0 Å². The van der Waals surface area contributed by atoms with Gasteiger partial charge in [-0.3, -0.25) is 14.4 Å². The Morgan fingerprint density at radius 3 is 2.40 bits per heavy atom. The Morgan fingerprint density at radius 1 is 1.02 bits per heavy atom. The van der Waals surface area contributed by atoms with Gasteiger partial charge in [-0.15, -0.1) is 5.10 Å². The minimum atomic E-state index is -0.682. The van der Waals surface area contributed by atoms with Crippen LogP contribution in [-0.4, -0.2) is 42.4 Å². The molecule has 1 N–H and O–H groups in total. The van der Waals surface area contributed by atoms with Gasteiger partial charge in [0.1, 0.15) is 0 Å². The Morgan fingerprint density at radius 2 is 1.74 bits per heavy atom. The molecule has 1 aliphatic rings. The third-order valence-electron chi connectivity index (χ3n) is 7.60. The maximum absolute atomic E-state index is 13.6. The molecule has 3 aromatic carbocycles. The summed E-state index contributed by atoms with van der Waals surface area (Å²) in [5.74, 6) is -0.449. The van der Waals surface area contributed by atoms with Crippen molar-refractivity contribution in [3.63, 3.8) is 0 Å². The predicted octanol–water partition coefficient (Wildman–Crippen LogP) is 5.92. The van der Waals surface area contributed by atoms with Gasteiger partial charge < -0.3 is 14.8 Å². The highest BCUT2D eigenvalue weighted by Crippen LogP contribution is 2.30. The van der Waals surface area contributed by atoms with Crippen molar-refractivity contribution in [1.29, 1.82) is 0 Å². The van der Waals surface area contributed by atoms with Crippen LogP contribution in [0.1, 0.15) is 62.3 Å². The fraction of sp³-hybridized carbons (Fsp3) is 0.353. The fourth-order valence-corrected chi connectivity index (χ4v) is 5.06. The van der Waals surface area contributed by atoms with Crippen LogP contribution in [0.5, 0.6) is 0 Å². The molecule has 1 aliphatic heterocycles. The van der Waals surface area contributed by atoms with Gasteiger partial charge in [0.25, 0.3) is 5.91 Å². The number of benzene rings is 3. The zero-order valence-corrected chi connectivity index (χ0v) is 24.9. The van der Waals surface area contributed by atoms with Crippen molar-refractivity contribution in [1.82, 2.24) is 5.01 Å². The second-order valence-electron chi connectivity index (χ2n) is 11.4. The van der Waals surface area contributed by atoms with E-state index in [0.29, 0.717) is 24.6 Å². The number of carbonyl (C=O) groups excluding carboxylic acids is 3. The van der Waals surface area contributed by atoms with E-state index in [9.17, 15) is 14.4 Å². The van der Waals surface area contributed by atoms with Gasteiger partial charge in [-0.1, -0.05) is 74.9 Å². The molecule has 0 aromatic heterocycles. The average molecular weight is 570 g/mol. The molecule has 8 heteroatoms. The molecular formula is C34H39N3O5. The lowest BCUT2D eigenvalue weighted by Crippen LogP contribution is -2.36. The molecular weight excluding hydrogens is 530 g/mol. The Bertz CT molecular complexity index is 1430. The Hall–Kier alpha value is -4.46. The van der Waals surface area contributed by atoms with Gasteiger partial charge in [0, 0.05) is 11.3 Å². The number of rotatable bonds is 11. The smallest absolute Gasteiger partial charge is 0.311 e. The molecule has 0 bridgehead atoms. The second kappa shape index (κ2) is 13.5. The van der Waals surface area contributed by atoms with Crippen molar-refractivity contribution in [2.45, 2.75) is 53.0 Å². The number of amides is 2. The van der Waals surface area contributed by atoms with Crippen LogP contribution in [0.3, 0.4) is 0 Å². The van der Waals surface area contributed by atoms with Crippen LogP contribution in [0.4, 0.5) is 5.69 Å². The molecule has 0 saturated heterocycles. The van der Waals surface area contributed by atoms with E-state index in [4.69, 9.17) is 9.47 Å². The van der Waals surface area contributed by atoms with Crippen LogP contribution >= 0.6 is 0 Å². The number of carbonyl (C=O) groups is 3. The molecule has 0 radical (unpaired) electrons. The number of nitrogens with one attached hydrogen (secondary N) is 1. The standard InChI is InChI=1S/C34H39N3O5/c1-6-23(2)30(31(39)35-28-14-10-11-25(19-28)20-34(3,4)33(40)41-5)26-17-15-24(16-18-26)21-37-29(38)22-42-32(36-37)27-12-8-7-9-13-27/h7-19,23,30H,6,20-22H2,1-5H3,(H,35,39)/t23?,30-/m1/s1. The van der Waals surface area contributed by atoms with Crippen molar-refractivity contribution in [2.75, 3.05) is 19.0 Å². The molecule has 220 valence electrons. The largest absolute Gasteiger partial charge is 0.469 e. The number of anilines is 1. The molecule has 1 heterocycles. The number of hydrogen-bond donors (Lipinski definition) is 1. The van der Waals surface area contributed by atoms with Gasteiger partial charge in [-0.2, -0.15) is 0 Å². The average Bonchev–Trinajstić information content (AvgIpc) is 2.99. The summed E-state index contributed by atoms with van der Waals surface area (Å²) in [5.41, 5.74) is 3.54. The summed E-state index contributed by atoms with van der Waals surface area (Å²) in [6.07, 6.45) is 1.31. The molecule has 8 nitrogen and oxygen atoms in total. The summed E-state index contributed by atoms with van der Waals surface area (Å²) >= 11 is 0. The molecule has 0 saturated carbocycles. The first-order chi connectivity index (χ1) is 20.1. The SMILES string of the molecule is CCC(C)[C@@H](C(=O)Nc1cccc(CC(C)(C)C(=O)OC)c1)c1ccc(CN2N=C(c3ccccc3)OCC2=O)cc1. The summed E-state index contributed by atoms with van der Waals surface area (Å²) in [6.45, 7) is 8.06. The van der Waals surface area contributed by atoms with E-state index in [-0.39, 0.29) is 36.2 Å². The first-order valence-electron chi connectivity index (χ1n) is 14.3. The molecule has 2 atom stereocenters. The molecule has 0 fully saturated rings. The minimum Gasteiger partial charge on any atom is -0.469 e. The lowest BCUT2D eigenvalue weighted by Gasteiger charge is -2.25. The molecule has 4 rings (SSSR count). The van der Waals surface area contributed by atoms with Crippen molar-refractivity contribution >= 4 is 29.4 Å². The van der Waals surface area contributed by atoms with Gasteiger partial charge in [-0.05, 0) is 67.1 Å². The molecule has 42 heavy (non-hydrogen) atoms. The second-order valence-corrected chi connectivity index (χ2v) is 11.4. The molecule has 1 unspecified atom stereocenters. The zero-order chi connectivity index (χ0) is 30.3. The number of esters is 1. The van der Waals surface area contributed by atoms with E-state index >= 15 is 0 Å². The number of hydrazone groups is 1. The quantitative estimate of drug-likeness (QED) is 0.289. The van der Waals surface area contributed by atoms with Gasteiger partial charge >= 0.3 is 5.97 Å².